The minimum absolute atomic E-state index is 0.0567. The summed E-state index contributed by atoms with van der Waals surface area (Å²) in [7, 11) is 0. The van der Waals surface area contributed by atoms with Crippen LogP contribution in [0, 0.1) is 0 Å². The molecule has 4 nitrogen and oxygen atoms in total. The number of carbonyl (C=O) groups excluding carboxylic acids is 1. The van der Waals surface area contributed by atoms with Crippen molar-refractivity contribution in [2.45, 2.75) is 25.8 Å². The molecule has 2 heterocycles. The van der Waals surface area contributed by atoms with E-state index in [9.17, 15) is 4.79 Å². The zero-order valence-corrected chi connectivity index (χ0v) is 13.6. The molecule has 0 radical (unpaired) electrons. The van der Waals surface area contributed by atoms with Gasteiger partial charge in [-0.3, -0.25) is 4.79 Å². The maximum absolute atomic E-state index is 11.1. The van der Waals surface area contributed by atoms with Crippen LogP contribution in [0.25, 0.3) is 10.9 Å². The molecule has 0 saturated carbocycles. The van der Waals surface area contributed by atoms with E-state index in [4.69, 9.17) is 4.98 Å². The molecule has 5 heteroatoms. The molecule has 3 rings (SSSR count). The van der Waals surface area contributed by atoms with Gasteiger partial charge in [0, 0.05) is 35.9 Å². The first-order valence-corrected chi connectivity index (χ1v) is 8.00. The third-order valence-corrected chi connectivity index (χ3v) is 4.52. The Kier molecular flexibility index (Phi) is 4.10. The Bertz CT molecular complexity index is 666. The minimum atomic E-state index is 0.0567. The second kappa shape index (κ2) is 6.02. The SMILES string of the molecule is CC(=O)NC1CCN(c2ccc3cccc(Br)c3n2)CC1. The van der Waals surface area contributed by atoms with Crippen LogP contribution in [0.3, 0.4) is 0 Å². The van der Waals surface area contributed by atoms with Crippen molar-refractivity contribution in [3.05, 3.63) is 34.8 Å². The van der Waals surface area contributed by atoms with Gasteiger partial charge in [-0.1, -0.05) is 12.1 Å². The number of benzene rings is 1. The molecule has 1 saturated heterocycles. The molecule has 1 fully saturated rings. The van der Waals surface area contributed by atoms with E-state index in [2.05, 4.69) is 44.3 Å². The molecule has 0 bridgehead atoms. The third-order valence-electron chi connectivity index (χ3n) is 3.88. The number of fused-ring (bicyclic) bond motifs is 1. The maximum atomic E-state index is 11.1. The van der Waals surface area contributed by atoms with Crippen molar-refractivity contribution < 1.29 is 4.79 Å². The van der Waals surface area contributed by atoms with E-state index in [1.807, 2.05) is 12.1 Å². The normalized spacial score (nSPS) is 16.2. The van der Waals surface area contributed by atoms with Crippen LogP contribution in [-0.4, -0.2) is 30.0 Å². The molecule has 21 heavy (non-hydrogen) atoms. The van der Waals surface area contributed by atoms with Crippen LogP contribution in [-0.2, 0) is 4.79 Å². The highest BCUT2D eigenvalue weighted by molar-refractivity contribution is 9.10. The van der Waals surface area contributed by atoms with Crippen molar-refractivity contribution in [1.29, 1.82) is 0 Å². The van der Waals surface area contributed by atoms with Gasteiger partial charge in [-0.2, -0.15) is 0 Å². The summed E-state index contributed by atoms with van der Waals surface area (Å²) in [6.07, 6.45) is 1.94. The first-order valence-electron chi connectivity index (χ1n) is 7.21. The summed E-state index contributed by atoms with van der Waals surface area (Å²) < 4.78 is 1.02. The molecule has 0 spiro atoms. The quantitative estimate of drug-likeness (QED) is 0.907. The van der Waals surface area contributed by atoms with Crippen molar-refractivity contribution in [3.8, 4) is 0 Å². The third kappa shape index (κ3) is 3.18. The Morgan fingerprint density at radius 3 is 2.76 bits per heavy atom. The second-order valence-electron chi connectivity index (χ2n) is 5.44. The van der Waals surface area contributed by atoms with Crippen molar-refractivity contribution in [2.24, 2.45) is 0 Å². The molecular weight excluding hydrogens is 330 g/mol. The van der Waals surface area contributed by atoms with Gasteiger partial charge in [-0.05, 0) is 47.0 Å². The van der Waals surface area contributed by atoms with Gasteiger partial charge in [0.05, 0.1) is 5.52 Å². The number of anilines is 1. The monoisotopic (exact) mass is 347 g/mol. The Morgan fingerprint density at radius 1 is 1.29 bits per heavy atom. The van der Waals surface area contributed by atoms with E-state index in [0.29, 0.717) is 6.04 Å². The smallest absolute Gasteiger partial charge is 0.217 e. The first-order chi connectivity index (χ1) is 10.1. The highest BCUT2D eigenvalue weighted by Gasteiger charge is 2.20. The van der Waals surface area contributed by atoms with E-state index < -0.39 is 0 Å². The van der Waals surface area contributed by atoms with E-state index in [-0.39, 0.29) is 5.91 Å². The van der Waals surface area contributed by atoms with Gasteiger partial charge in [0.1, 0.15) is 5.82 Å². The summed E-state index contributed by atoms with van der Waals surface area (Å²) in [5, 5.41) is 4.14. The van der Waals surface area contributed by atoms with E-state index >= 15 is 0 Å². The number of carbonyl (C=O) groups is 1. The maximum Gasteiger partial charge on any atom is 0.217 e. The number of nitrogens with one attached hydrogen (secondary N) is 1. The number of para-hydroxylation sites is 1. The Morgan fingerprint density at radius 2 is 2.05 bits per heavy atom. The molecule has 110 valence electrons. The van der Waals surface area contributed by atoms with E-state index in [1.165, 1.54) is 0 Å². The molecule has 1 aromatic heterocycles. The average Bonchev–Trinajstić information content (AvgIpc) is 2.48. The van der Waals surface area contributed by atoms with E-state index in [0.717, 1.165) is 47.1 Å². The molecule has 1 aliphatic rings. The molecule has 1 aliphatic heterocycles. The van der Waals surface area contributed by atoms with Crippen LogP contribution >= 0.6 is 15.9 Å². The number of nitrogens with zero attached hydrogens (tertiary/aromatic N) is 2. The zero-order chi connectivity index (χ0) is 14.8. The fraction of sp³-hybridized carbons (Fsp3) is 0.375. The van der Waals surface area contributed by atoms with Gasteiger partial charge < -0.3 is 10.2 Å². The minimum Gasteiger partial charge on any atom is -0.356 e. The lowest BCUT2D eigenvalue weighted by atomic mass is 10.0. The lowest BCUT2D eigenvalue weighted by Gasteiger charge is -2.33. The van der Waals surface area contributed by atoms with Crippen LogP contribution in [0.2, 0.25) is 0 Å². The summed E-state index contributed by atoms with van der Waals surface area (Å²) in [4.78, 5) is 18.2. The van der Waals surface area contributed by atoms with Crippen molar-refractivity contribution in [1.82, 2.24) is 10.3 Å². The topological polar surface area (TPSA) is 45.2 Å². The molecule has 0 atom stereocenters. The highest BCUT2D eigenvalue weighted by Crippen LogP contribution is 2.26. The van der Waals surface area contributed by atoms with Gasteiger partial charge >= 0.3 is 0 Å². The number of piperidine rings is 1. The van der Waals surface area contributed by atoms with Crippen LogP contribution in [0.15, 0.2) is 34.8 Å². The van der Waals surface area contributed by atoms with Crippen LogP contribution in [0.5, 0.6) is 0 Å². The Balaban J connectivity index is 1.76. The van der Waals surface area contributed by atoms with Crippen LogP contribution < -0.4 is 10.2 Å². The number of hydrogen-bond donors (Lipinski definition) is 1. The largest absolute Gasteiger partial charge is 0.356 e. The molecule has 2 aromatic rings. The van der Waals surface area contributed by atoms with Gasteiger partial charge in [0.25, 0.3) is 0 Å². The molecule has 1 N–H and O–H groups in total. The van der Waals surface area contributed by atoms with E-state index in [1.54, 1.807) is 6.92 Å². The molecular formula is C16H18BrN3O. The fourth-order valence-electron chi connectivity index (χ4n) is 2.82. The average molecular weight is 348 g/mol. The lowest BCUT2D eigenvalue weighted by molar-refractivity contribution is -0.119. The summed E-state index contributed by atoms with van der Waals surface area (Å²) in [5.41, 5.74) is 0.999. The zero-order valence-electron chi connectivity index (χ0n) is 12.0. The number of pyridine rings is 1. The predicted octanol–water partition coefficient (Wildman–Crippen LogP) is 3.10. The van der Waals surface area contributed by atoms with Gasteiger partial charge in [0.15, 0.2) is 0 Å². The summed E-state index contributed by atoms with van der Waals surface area (Å²) in [5.74, 6) is 1.07. The highest BCUT2D eigenvalue weighted by atomic mass is 79.9. The number of halogens is 1. The van der Waals surface area contributed by atoms with Crippen molar-refractivity contribution in [2.75, 3.05) is 18.0 Å². The number of amides is 1. The first kappa shape index (κ1) is 14.3. The Hall–Kier alpha value is -1.62. The lowest BCUT2D eigenvalue weighted by Crippen LogP contribution is -2.44. The van der Waals surface area contributed by atoms with Crippen LogP contribution in [0.1, 0.15) is 19.8 Å². The van der Waals surface area contributed by atoms with Gasteiger partial charge in [-0.15, -0.1) is 0 Å². The van der Waals surface area contributed by atoms with Gasteiger partial charge in [0.2, 0.25) is 5.91 Å². The summed E-state index contributed by atoms with van der Waals surface area (Å²) in [6.45, 7) is 3.43. The summed E-state index contributed by atoms with van der Waals surface area (Å²) >= 11 is 3.56. The molecule has 0 unspecified atom stereocenters. The second-order valence-corrected chi connectivity index (χ2v) is 6.30. The van der Waals surface area contributed by atoms with Crippen LogP contribution in [0.4, 0.5) is 5.82 Å². The number of rotatable bonds is 2. The standard InChI is InChI=1S/C16H18BrN3O/c1-11(21)18-13-7-9-20(10-8-13)15-6-5-12-3-2-4-14(17)16(12)19-15/h2-6,13H,7-10H2,1H3,(H,18,21). The summed E-state index contributed by atoms with van der Waals surface area (Å²) in [6, 6.07) is 10.6. The Labute approximate surface area is 132 Å². The number of hydrogen-bond acceptors (Lipinski definition) is 3. The van der Waals surface area contributed by atoms with Crippen molar-refractivity contribution in [3.63, 3.8) is 0 Å². The molecule has 0 aliphatic carbocycles. The molecule has 1 aromatic carbocycles. The predicted molar refractivity (Wildman–Crippen MR) is 88.5 cm³/mol. The van der Waals surface area contributed by atoms with Gasteiger partial charge in [-0.25, -0.2) is 4.98 Å². The number of aromatic nitrogens is 1. The van der Waals surface area contributed by atoms with Crippen molar-refractivity contribution >= 4 is 38.6 Å². The fourth-order valence-corrected chi connectivity index (χ4v) is 3.29. The molecule has 1 amide bonds.